The molecule has 1 aromatic carbocycles. The van der Waals surface area contributed by atoms with Crippen molar-refractivity contribution < 1.29 is 14.9 Å². The Morgan fingerprint density at radius 3 is 2.79 bits per heavy atom. The summed E-state index contributed by atoms with van der Waals surface area (Å²) in [5.74, 6) is 0.635. The molecule has 0 aliphatic carbocycles. The van der Waals surface area contributed by atoms with E-state index in [2.05, 4.69) is 6.07 Å². The molecule has 1 radical (unpaired) electrons. The second-order valence-electron chi connectivity index (χ2n) is 3.72. The van der Waals surface area contributed by atoms with Gasteiger partial charge in [-0.05, 0) is 32.0 Å². The molecular formula is C11H15O3. The van der Waals surface area contributed by atoms with E-state index in [0.29, 0.717) is 5.75 Å². The van der Waals surface area contributed by atoms with E-state index in [4.69, 9.17) is 4.74 Å². The van der Waals surface area contributed by atoms with Gasteiger partial charge in [0.1, 0.15) is 18.5 Å². The predicted molar refractivity (Wildman–Crippen MR) is 53.1 cm³/mol. The lowest BCUT2D eigenvalue weighted by Gasteiger charge is -2.24. The Bertz CT molecular complexity index is 264. The fourth-order valence-electron chi connectivity index (χ4n) is 0.846. The fraction of sp³-hybridized carbons (Fsp3) is 0.455. The molecule has 0 bridgehead atoms. The van der Waals surface area contributed by atoms with Crippen LogP contribution in [0, 0.1) is 6.07 Å². The summed E-state index contributed by atoms with van der Waals surface area (Å²) >= 11 is 0. The molecule has 2 N–H and O–H groups in total. The summed E-state index contributed by atoms with van der Waals surface area (Å²) < 4.78 is 5.25. The van der Waals surface area contributed by atoms with Crippen molar-refractivity contribution >= 4 is 0 Å². The molecule has 3 heteroatoms. The molecule has 0 aliphatic rings. The Balaban J connectivity index is 2.42. The van der Waals surface area contributed by atoms with Crippen molar-refractivity contribution in [3.8, 4) is 5.75 Å². The third-order valence-electron chi connectivity index (χ3n) is 1.90. The minimum absolute atomic E-state index is 0.0708. The maximum absolute atomic E-state index is 9.46. The topological polar surface area (TPSA) is 49.7 Å². The van der Waals surface area contributed by atoms with E-state index in [-0.39, 0.29) is 6.61 Å². The predicted octanol–water partition coefficient (Wildman–Crippen LogP) is 0.997. The van der Waals surface area contributed by atoms with Crippen LogP contribution in [0.2, 0.25) is 0 Å². The molecule has 77 valence electrons. The quantitative estimate of drug-likeness (QED) is 0.753. The molecule has 0 saturated heterocycles. The van der Waals surface area contributed by atoms with Crippen LogP contribution < -0.4 is 4.74 Å². The third kappa shape index (κ3) is 3.36. The SMILES string of the molecule is CC(C)(O)[C@H](O)COc1c[c]ccc1. The highest BCUT2D eigenvalue weighted by atomic mass is 16.5. The molecule has 0 saturated carbocycles. The van der Waals surface area contributed by atoms with Crippen molar-refractivity contribution in [2.24, 2.45) is 0 Å². The van der Waals surface area contributed by atoms with Gasteiger partial charge in [0.05, 0.1) is 5.60 Å². The van der Waals surface area contributed by atoms with Crippen LogP contribution in [0.5, 0.6) is 5.75 Å². The standard InChI is InChI=1S/C11H15O3/c1-11(2,13)10(12)8-14-9-6-4-3-5-7-9/h3-4,6-7,10,12-13H,8H2,1-2H3/t10-/m1/s1. The Labute approximate surface area is 84.0 Å². The summed E-state index contributed by atoms with van der Waals surface area (Å²) in [4.78, 5) is 0. The number of rotatable bonds is 4. The van der Waals surface area contributed by atoms with Gasteiger partial charge in [-0.1, -0.05) is 12.1 Å². The first-order chi connectivity index (χ1) is 6.50. The normalized spacial score (nSPS) is 13.7. The Hall–Kier alpha value is -1.06. The summed E-state index contributed by atoms with van der Waals surface area (Å²) in [5, 5.41) is 18.9. The van der Waals surface area contributed by atoms with Crippen molar-refractivity contribution in [1.29, 1.82) is 0 Å². The summed E-state index contributed by atoms with van der Waals surface area (Å²) in [6.45, 7) is 3.15. The van der Waals surface area contributed by atoms with E-state index < -0.39 is 11.7 Å². The Morgan fingerprint density at radius 1 is 1.57 bits per heavy atom. The average molecular weight is 195 g/mol. The van der Waals surface area contributed by atoms with Crippen LogP contribution in [0.3, 0.4) is 0 Å². The molecule has 0 aromatic heterocycles. The molecule has 1 atom stereocenters. The lowest BCUT2D eigenvalue weighted by molar-refractivity contribution is -0.0661. The summed E-state index contributed by atoms with van der Waals surface area (Å²) in [7, 11) is 0. The van der Waals surface area contributed by atoms with Crippen molar-refractivity contribution in [3.05, 3.63) is 30.3 Å². The number of aliphatic hydroxyl groups is 2. The highest BCUT2D eigenvalue weighted by Crippen LogP contribution is 2.12. The first-order valence-electron chi connectivity index (χ1n) is 4.49. The van der Waals surface area contributed by atoms with Crippen LogP contribution in [-0.4, -0.2) is 28.5 Å². The van der Waals surface area contributed by atoms with Crippen molar-refractivity contribution in [2.45, 2.75) is 25.6 Å². The van der Waals surface area contributed by atoms with Gasteiger partial charge in [-0.15, -0.1) is 0 Å². The van der Waals surface area contributed by atoms with Crippen LogP contribution in [0.25, 0.3) is 0 Å². The zero-order valence-corrected chi connectivity index (χ0v) is 8.40. The maximum Gasteiger partial charge on any atom is 0.120 e. The smallest absolute Gasteiger partial charge is 0.120 e. The molecule has 0 amide bonds. The van der Waals surface area contributed by atoms with Crippen LogP contribution in [-0.2, 0) is 0 Å². The minimum Gasteiger partial charge on any atom is -0.491 e. The number of ether oxygens (including phenoxy) is 1. The van der Waals surface area contributed by atoms with E-state index >= 15 is 0 Å². The highest BCUT2D eigenvalue weighted by molar-refractivity contribution is 5.20. The van der Waals surface area contributed by atoms with E-state index in [1.54, 1.807) is 24.3 Å². The van der Waals surface area contributed by atoms with Crippen LogP contribution in [0.4, 0.5) is 0 Å². The van der Waals surface area contributed by atoms with Gasteiger partial charge in [0.15, 0.2) is 0 Å². The third-order valence-corrected chi connectivity index (χ3v) is 1.90. The second-order valence-corrected chi connectivity index (χ2v) is 3.72. The van der Waals surface area contributed by atoms with Gasteiger partial charge in [0.2, 0.25) is 0 Å². The second kappa shape index (κ2) is 4.44. The van der Waals surface area contributed by atoms with E-state index in [1.165, 1.54) is 13.8 Å². The van der Waals surface area contributed by atoms with Gasteiger partial charge in [0.25, 0.3) is 0 Å². The first kappa shape index (κ1) is 11.0. The first-order valence-corrected chi connectivity index (χ1v) is 4.49. The van der Waals surface area contributed by atoms with Crippen molar-refractivity contribution in [1.82, 2.24) is 0 Å². The lowest BCUT2D eigenvalue weighted by atomic mass is 10.0. The molecular weight excluding hydrogens is 180 g/mol. The molecule has 1 rings (SSSR count). The Morgan fingerprint density at radius 2 is 2.29 bits per heavy atom. The van der Waals surface area contributed by atoms with Crippen molar-refractivity contribution in [2.75, 3.05) is 6.61 Å². The van der Waals surface area contributed by atoms with E-state index in [0.717, 1.165) is 0 Å². The number of aliphatic hydroxyl groups excluding tert-OH is 1. The monoisotopic (exact) mass is 195 g/mol. The van der Waals surface area contributed by atoms with E-state index in [9.17, 15) is 10.2 Å². The largest absolute Gasteiger partial charge is 0.491 e. The zero-order valence-electron chi connectivity index (χ0n) is 8.40. The molecule has 0 aliphatic heterocycles. The molecule has 0 heterocycles. The van der Waals surface area contributed by atoms with Crippen LogP contribution >= 0.6 is 0 Å². The van der Waals surface area contributed by atoms with Gasteiger partial charge in [-0.25, -0.2) is 0 Å². The number of hydrogen-bond acceptors (Lipinski definition) is 3. The van der Waals surface area contributed by atoms with Gasteiger partial charge in [-0.2, -0.15) is 0 Å². The lowest BCUT2D eigenvalue weighted by Crippen LogP contribution is -2.40. The fourth-order valence-corrected chi connectivity index (χ4v) is 0.846. The van der Waals surface area contributed by atoms with Gasteiger partial charge >= 0.3 is 0 Å². The average Bonchev–Trinajstić information content (AvgIpc) is 2.14. The highest BCUT2D eigenvalue weighted by Gasteiger charge is 2.24. The molecule has 14 heavy (non-hydrogen) atoms. The molecule has 1 aromatic rings. The molecule has 0 fully saturated rings. The zero-order chi connectivity index (χ0) is 10.6. The number of hydrogen-bond donors (Lipinski definition) is 2. The van der Waals surface area contributed by atoms with Gasteiger partial charge in [0, 0.05) is 0 Å². The van der Waals surface area contributed by atoms with E-state index in [1.807, 2.05) is 0 Å². The van der Waals surface area contributed by atoms with Crippen molar-refractivity contribution in [3.63, 3.8) is 0 Å². The van der Waals surface area contributed by atoms with Crippen LogP contribution in [0.1, 0.15) is 13.8 Å². The summed E-state index contributed by atoms with van der Waals surface area (Å²) in [6.07, 6.45) is -0.900. The summed E-state index contributed by atoms with van der Waals surface area (Å²) in [6, 6.07) is 9.86. The number of benzene rings is 1. The summed E-state index contributed by atoms with van der Waals surface area (Å²) in [5.41, 5.74) is -1.14. The van der Waals surface area contributed by atoms with Crippen LogP contribution in [0.15, 0.2) is 24.3 Å². The Kier molecular flexibility index (Phi) is 3.49. The van der Waals surface area contributed by atoms with Gasteiger partial charge in [-0.3, -0.25) is 0 Å². The van der Waals surface area contributed by atoms with Gasteiger partial charge < -0.3 is 14.9 Å². The maximum atomic E-state index is 9.46. The molecule has 3 nitrogen and oxygen atoms in total. The molecule has 0 unspecified atom stereocenters. The minimum atomic E-state index is -1.14. The molecule has 0 spiro atoms.